The number of aryl methyl sites for hydroxylation is 2. The number of hydrogen-bond donors (Lipinski definition) is 1. The number of rotatable bonds is 8. The molecule has 2 rings (SSSR count). The Balaban J connectivity index is 2.20. The fourth-order valence-electron chi connectivity index (χ4n) is 2.96. The number of anilines is 1. The fraction of sp³-hybridized carbons (Fsp3) is 0.450. The molecule has 1 unspecified atom stereocenters. The van der Waals surface area contributed by atoms with Gasteiger partial charge in [0.05, 0.1) is 11.6 Å². The van der Waals surface area contributed by atoms with E-state index < -0.39 is 36.5 Å². The van der Waals surface area contributed by atoms with Gasteiger partial charge in [-0.1, -0.05) is 6.07 Å². The Labute approximate surface area is 171 Å². The Hall–Kier alpha value is -2.78. The van der Waals surface area contributed by atoms with Crippen LogP contribution in [0.4, 0.5) is 27.8 Å². The lowest BCUT2D eigenvalue weighted by molar-refractivity contribution is -0.137. The van der Waals surface area contributed by atoms with Crippen molar-refractivity contribution in [3.8, 4) is 0 Å². The number of carbonyl (C=O) groups excluding carboxylic acids is 1. The van der Waals surface area contributed by atoms with Crippen LogP contribution in [0.1, 0.15) is 40.7 Å². The van der Waals surface area contributed by atoms with E-state index in [4.69, 9.17) is 0 Å². The van der Waals surface area contributed by atoms with Crippen LogP contribution < -0.4 is 5.32 Å². The highest BCUT2D eigenvalue weighted by Crippen LogP contribution is 2.29. The Morgan fingerprint density at radius 1 is 1.17 bits per heavy atom. The Kier molecular flexibility index (Phi) is 7.69. The number of alkyl halides is 5. The zero-order valence-corrected chi connectivity index (χ0v) is 16.8. The van der Waals surface area contributed by atoms with Gasteiger partial charge < -0.3 is 10.2 Å². The topological polar surface area (TPSA) is 58.1 Å². The highest BCUT2D eigenvalue weighted by atomic mass is 19.4. The number of pyridine rings is 2. The van der Waals surface area contributed by atoms with Gasteiger partial charge in [0, 0.05) is 31.4 Å². The second-order valence-corrected chi connectivity index (χ2v) is 6.80. The average Bonchev–Trinajstić information content (AvgIpc) is 2.67. The molecule has 30 heavy (non-hydrogen) atoms. The van der Waals surface area contributed by atoms with Gasteiger partial charge in [-0.15, -0.1) is 0 Å². The van der Waals surface area contributed by atoms with Crippen molar-refractivity contribution in [2.75, 3.05) is 18.4 Å². The van der Waals surface area contributed by atoms with Crippen LogP contribution in [0.5, 0.6) is 0 Å². The average molecular weight is 430 g/mol. The molecule has 1 N–H and O–H groups in total. The summed E-state index contributed by atoms with van der Waals surface area (Å²) in [7, 11) is 0. The Morgan fingerprint density at radius 2 is 1.87 bits per heavy atom. The predicted molar refractivity (Wildman–Crippen MR) is 103 cm³/mol. The van der Waals surface area contributed by atoms with Crippen molar-refractivity contribution in [3.05, 3.63) is 53.0 Å². The van der Waals surface area contributed by atoms with E-state index in [2.05, 4.69) is 15.3 Å². The van der Waals surface area contributed by atoms with E-state index in [1.165, 1.54) is 4.90 Å². The lowest BCUT2D eigenvalue weighted by atomic mass is 10.1. The Bertz CT molecular complexity index is 855. The predicted octanol–water partition coefficient (Wildman–Crippen LogP) is 4.71. The van der Waals surface area contributed by atoms with Gasteiger partial charge in [-0.25, -0.2) is 18.7 Å². The molecule has 10 heteroatoms. The number of nitrogens with zero attached hydrogens (tertiary/aromatic N) is 3. The number of amides is 1. The summed E-state index contributed by atoms with van der Waals surface area (Å²) in [6.07, 6.45) is -7.13. The molecule has 5 nitrogen and oxygen atoms in total. The van der Waals surface area contributed by atoms with Crippen LogP contribution in [0.15, 0.2) is 30.5 Å². The van der Waals surface area contributed by atoms with Crippen LogP contribution in [0.2, 0.25) is 0 Å². The lowest BCUT2D eigenvalue weighted by Crippen LogP contribution is -2.45. The standard InChI is InChI=1S/C20H23F5N4O/c1-4-29(19(30)18-12(2)5-6-13(3)28-18)15(9-16(21)22)11-27-17-8-7-14(10-26-17)20(23,24)25/h5-8,10,15-16H,4,9,11H2,1-3H3,(H,26,27). The minimum atomic E-state index is -4.52. The molecule has 0 aromatic carbocycles. The molecule has 2 heterocycles. The summed E-state index contributed by atoms with van der Waals surface area (Å²) in [5.74, 6) is -0.387. The molecule has 0 fully saturated rings. The van der Waals surface area contributed by atoms with E-state index in [0.29, 0.717) is 17.5 Å². The van der Waals surface area contributed by atoms with Crippen LogP contribution >= 0.6 is 0 Å². The van der Waals surface area contributed by atoms with Gasteiger partial charge in [-0.05, 0) is 44.5 Å². The second-order valence-electron chi connectivity index (χ2n) is 6.80. The van der Waals surface area contributed by atoms with Gasteiger partial charge in [-0.2, -0.15) is 13.2 Å². The second kappa shape index (κ2) is 9.82. The summed E-state index contributed by atoms with van der Waals surface area (Å²) < 4.78 is 64.3. The number of halogens is 5. The fourth-order valence-corrected chi connectivity index (χ4v) is 2.96. The van der Waals surface area contributed by atoms with Crippen molar-refractivity contribution in [1.82, 2.24) is 14.9 Å². The molecule has 2 aromatic heterocycles. The van der Waals surface area contributed by atoms with Crippen LogP contribution in [-0.4, -0.2) is 46.3 Å². The summed E-state index contributed by atoms with van der Waals surface area (Å²) in [6.45, 7) is 5.15. The molecule has 0 saturated heterocycles. The zero-order chi connectivity index (χ0) is 22.5. The molecule has 0 bridgehead atoms. The summed E-state index contributed by atoms with van der Waals surface area (Å²) >= 11 is 0. The largest absolute Gasteiger partial charge is 0.417 e. The highest BCUT2D eigenvalue weighted by Gasteiger charge is 2.31. The lowest BCUT2D eigenvalue weighted by Gasteiger charge is -2.31. The van der Waals surface area contributed by atoms with Crippen molar-refractivity contribution < 1.29 is 26.7 Å². The smallest absolute Gasteiger partial charge is 0.368 e. The molecule has 0 saturated carbocycles. The van der Waals surface area contributed by atoms with Crippen molar-refractivity contribution in [3.63, 3.8) is 0 Å². The summed E-state index contributed by atoms with van der Waals surface area (Å²) in [5.41, 5.74) is 0.516. The first-order valence-electron chi connectivity index (χ1n) is 9.33. The van der Waals surface area contributed by atoms with E-state index in [1.54, 1.807) is 32.9 Å². The van der Waals surface area contributed by atoms with Gasteiger partial charge >= 0.3 is 6.18 Å². The number of aromatic nitrogens is 2. The maximum absolute atomic E-state index is 13.2. The zero-order valence-electron chi connectivity index (χ0n) is 16.8. The van der Waals surface area contributed by atoms with E-state index in [9.17, 15) is 26.7 Å². The molecule has 164 valence electrons. The van der Waals surface area contributed by atoms with E-state index in [-0.39, 0.29) is 24.6 Å². The third-order valence-corrected chi connectivity index (χ3v) is 4.54. The number of nitrogens with one attached hydrogen (secondary N) is 1. The third kappa shape index (κ3) is 6.11. The highest BCUT2D eigenvalue weighted by molar-refractivity contribution is 5.94. The molecule has 0 spiro atoms. The Morgan fingerprint density at radius 3 is 2.40 bits per heavy atom. The molecule has 1 amide bonds. The summed E-state index contributed by atoms with van der Waals surface area (Å²) in [6, 6.07) is 4.54. The van der Waals surface area contributed by atoms with Crippen LogP contribution in [0.3, 0.4) is 0 Å². The maximum Gasteiger partial charge on any atom is 0.417 e. The van der Waals surface area contributed by atoms with Gasteiger partial charge in [-0.3, -0.25) is 4.79 Å². The molecule has 0 aliphatic rings. The quantitative estimate of drug-likeness (QED) is 0.617. The molecule has 0 aliphatic carbocycles. The molecular formula is C20H23F5N4O. The number of hydrogen-bond acceptors (Lipinski definition) is 4. The van der Waals surface area contributed by atoms with E-state index in [0.717, 1.165) is 12.1 Å². The SMILES string of the molecule is CCN(C(=O)c1nc(C)ccc1C)C(CNc1ccc(C(F)(F)F)cn1)CC(F)F. The van der Waals surface area contributed by atoms with Crippen molar-refractivity contribution in [2.45, 2.75) is 45.8 Å². The molecule has 1 atom stereocenters. The van der Waals surface area contributed by atoms with Crippen molar-refractivity contribution in [2.24, 2.45) is 0 Å². The normalized spacial score (nSPS) is 12.7. The van der Waals surface area contributed by atoms with Gasteiger partial charge in [0.15, 0.2) is 0 Å². The first-order valence-corrected chi connectivity index (χ1v) is 9.33. The van der Waals surface area contributed by atoms with Crippen LogP contribution in [0, 0.1) is 13.8 Å². The van der Waals surface area contributed by atoms with Crippen molar-refractivity contribution in [1.29, 1.82) is 0 Å². The summed E-state index contributed by atoms with van der Waals surface area (Å²) in [5, 5.41) is 2.75. The summed E-state index contributed by atoms with van der Waals surface area (Å²) in [4.78, 5) is 22.2. The van der Waals surface area contributed by atoms with E-state index >= 15 is 0 Å². The van der Waals surface area contributed by atoms with Crippen LogP contribution in [0.25, 0.3) is 0 Å². The number of likely N-dealkylation sites (N-methyl/N-ethyl adjacent to an activating group) is 1. The minimum Gasteiger partial charge on any atom is -0.368 e. The molecule has 0 radical (unpaired) electrons. The molecule has 2 aromatic rings. The van der Waals surface area contributed by atoms with Crippen LogP contribution in [-0.2, 0) is 6.18 Å². The molecule has 0 aliphatic heterocycles. The molecular weight excluding hydrogens is 407 g/mol. The number of carbonyl (C=O) groups is 1. The minimum absolute atomic E-state index is 0.0932. The van der Waals surface area contributed by atoms with Gasteiger partial charge in [0.1, 0.15) is 11.5 Å². The maximum atomic E-state index is 13.2. The first-order chi connectivity index (χ1) is 14.0. The first kappa shape index (κ1) is 23.5. The van der Waals surface area contributed by atoms with Gasteiger partial charge in [0.25, 0.3) is 5.91 Å². The monoisotopic (exact) mass is 430 g/mol. The van der Waals surface area contributed by atoms with E-state index in [1.807, 2.05) is 0 Å². The third-order valence-electron chi connectivity index (χ3n) is 4.54. The van der Waals surface area contributed by atoms with Gasteiger partial charge in [0.2, 0.25) is 6.43 Å². The van der Waals surface area contributed by atoms with Crippen molar-refractivity contribution >= 4 is 11.7 Å².